The average molecular weight is 713 g/mol. The van der Waals surface area contributed by atoms with Gasteiger partial charge in [-0.3, -0.25) is 19.7 Å². The van der Waals surface area contributed by atoms with Gasteiger partial charge in [-0.05, 0) is 41.2 Å². The maximum absolute atomic E-state index is 13.4. The minimum Gasteiger partial charge on any atom is -0.444 e. The van der Waals surface area contributed by atoms with Gasteiger partial charge in [-0.1, -0.05) is 86.6 Å². The number of nitrogens with zero attached hydrogens (tertiary/aromatic N) is 2. The normalized spacial score (nSPS) is 12.3. The Morgan fingerprint density at radius 1 is 0.784 bits per heavy atom. The molecule has 1 heterocycles. The number of anilines is 1. The number of amides is 4. The van der Waals surface area contributed by atoms with Gasteiger partial charge in [0.2, 0.25) is 23.6 Å². The average Bonchev–Trinajstić information content (AvgIpc) is 3.66. The van der Waals surface area contributed by atoms with Gasteiger partial charge in [0.05, 0.1) is 6.04 Å². The van der Waals surface area contributed by atoms with E-state index in [1.165, 1.54) is 13.1 Å². The topological polar surface area (TPSA) is 177 Å². The maximum Gasteiger partial charge on any atom is 0.437 e. The molecule has 0 saturated carbocycles. The second kappa shape index (κ2) is 19.3. The fraction of sp³-hybridized carbons (Fsp3) is 0.270. The number of aliphatic imine (C=N–C) groups is 1. The number of ketones is 1. The number of hydrogen-bond acceptors (Lipinski definition) is 9. The van der Waals surface area contributed by atoms with Crippen LogP contribution in [-0.2, 0) is 38.7 Å². The summed E-state index contributed by atoms with van der Waals surface area (Å²) in [5, 5.41) is 12.8. The fourth-order valence-electron chi connectivity index (χ4n) is 4.81. The largest absolute Gasteiger partial charge is 0.444 e. The summed E-state index contributed by atoms with van der Waals surface area (Å²) in [6, 6.07) is 23.1. The Morgan fingerprint density at radius 3 is 1.98 bits per heavy atom. The lowest BCUT2D eigenvalue weighted by atomic mass is 9.99. The Balaban J connectivity index is 1.48. The zero-order chi connectivity index (χ0) is 36.6. The number of Topliss-reactive ketones (excluding diaryl/α,β-unsaturated/α-hetero) is 1. The smallest absolute Gasteiger partial charge is 0.437 e. The van der Waals surface area contributed by atoms with Crippen molar-refractivity contribution in [3.05, 3.63) is 118 Å². The van der Waals surface area contributed by atoms with E-state index in [2.05, 4.69) is 31.2 Å². The van der Waals surface area contributed by atoms with E-state index in [0.717, 1.165) is 22.5 Å². The number of carbonyl (C=O) groups excluding carboxylic acids is 5. The van der Waals surface area contributed by atoms with E-state index in [4.69, 9.17) is 9.47 Å². The van der Waals surface area contributed by atoms with Crippen molar-refractivity contribution >= 4 is 52.8 Å². The summed E-state index contributed by atoms with van der Waals surface area (Å²) in [6.07, 6.45) is 0.220. The molecule has 4 amide bonds. The highest BCUT2D eigenvalue weighted by Crippen LogP contribution is 2.16. The van der Waals surface area contributed by atoms with Crippen molar-refractivity contribution in [2.75, 3.05) is 5.32 Å². The first-order valence-electron chi connectivity index (χ1n) is 16.2. The minimum atomic E-state index is -0.969. The molecule has 0 spiro atoms. The van der Waals surface area contributed by atoms with Crippen LogP contribution < -0.4 is 21.3 Å². The molecule has 266 valence electrons. The monoisotopic (exact) mass is 712 g/mol. The van der Waals surface area contributed by atoms with Gasteiger partial charge in [0.15, 0.2) is 5.01 Å². The molecule has 51 heavy (non-hydrogen) atoms. The third kappa shape index (κ3) is 13.2. The van der Waals surface area contributed by atoms with Gasteiger partial charge in [0.25, 0.3) is 0 Å². The van der Waals surface area contributed by atoms with Gasteiger partial charge in [0.1, 0.15) is 19.3 Å². The Bertz CT molecular complexity index is 1780. The molecule has 3 aromatic carbocycles. The summed E-state index contributed by atoms with van der Waals surface area (Å²) in [6.45, 7) is 5.17. The molecular weight excluding hydrogens is 673 g/mol. The van der Waals surface area contributed by atoms with E-state index in [1.54, 1.807) is 53.9 Å². The van der Waals surface area contributed by atoms with Crippen LogP contribution >= 0.6 is 11.3 Å². The SMILES string of the molecule is CC(=O)NC(CC(C)C)C(=O)NC(Cc1ccc(NC(=NC(=O)OCc2ccccc2)NC(=O)OCc2ccccc2)cc1)C(=O)c1nccs1. The highest BCUT2D eigenvalue weighted by atomic mass is 32.1. The van der Waals surface area contributed by atoms with E-state index < -0.39 is 30.2 Å². The lowest BCUT2D eigenvalue weighted by molar-refractivity contribution is -0.128. The van der Waals surface area contributed by atoms with Crippen LogP contribution in [0.25, 0.3) is 0 Å². The molecule has 4 N–H and O–H groups in total. The van der Waals surface area contributed by atoms with E-state index >= 15 is 0 Å². The van der Waals surface area contributed by atoms with Crippen LogP contribution in [0, 0.1) is 5.92 Å². The summed E-state index contributed by atoms with van der Waals surface area (Å²) in [5.41, 5.74) is 2.65. The quantitative estimate of drug-likeness (QED) is 0.0733. The first-order chi connectivity index (χ1) is 24.5. The molecule has 0 bridgehead atoms. The number of benzene rings is 3. The van der Waals surface area contributed by atoms with Crippen molar-refractivity contribution in [1.82, 2.24) is 20.9 Å². The third-order valence-corrected chi connectivity index (χ3v) is 7.96. The molecule has 0 radical (unpaired) electrons. The van der Waals surface area contributed by atoms with Crippen LogP contribution in [0.3, 0.4) is 0 Å². The number of guanidine groups is 1. The second-order valence-corrected chi connectivity index (χ2v) is 12.8. The van der Waals surface area contributed by atoms with E-state index in [-0.39, 0.29) is 48.2 Å². The molecule has 4 rings (SSSR count). The minimum absolute atomic E-state index is 0.00640. The highest BCUT2D eigenvalue weighted by molar-refractivity contribution is 7.11. The summed E-state index contributed by atoms with van der Waals surface area (Å²) < 4.78 is 10.6. The number of hydrogen-bond donors (Lipinski definition) is 4. The first-order valence-corrected chi connectivity index (χ1v) is 17.1. The Morgan fingerprint density at radius 2 is 1.41 bits per heavy atom. The molecular formula is C37H40N6O7S. The molecule has 4 aromatic rings. The fourth-order valence-corrected chi connectivity index (χ4v) is 5.44. The second-order valence-electron chi connectivity index (χ2n) is 11.9. The molecule has 0 aliphatic carbocycles. The molecule has 14 heteroatoms. The van der Waals surface area contributed by atoms with Crippen molar-refractivity contribution in [1.29, 1.82) is 0 Å². The van der Waals surface area contributed by atoms with Gasteiger partial charge in [-0.2, -0.15) is 0 Å². The summed E-state index contributed by atoms with van der Waals surface area (Å²) in [7, 11) is 0. The number of thiazole rings is 1. The predicted octanol–water partition coefficient (Wildman–Crippen LogP) is 5.64. The molecule has 0 aliphatic rings. The van der Waals surface area contributed by atoms with Gasteiger partial charge in [-0.15, -0.1) is 16.3 Å². The number of alkyl carbamates (subject to hydrolysis) is 1. The van der Waals surface area contributed by atoms with Crippen LogP contribution in [0.4, 0.5) is 15.3 Å². The Labute approximate surface area is 299 Å². The number of rotatable bonds is 14. The number of aromatic nitrogens is 1. The van der Waals surface area contributed by atoms with Gasteiger partial charge >= 0.3 is 12.2 Å². The molecule has 1 aromatic heterocycles. The van der Waals surface area contributed by atoms with Crippen LogP contribution in [0.5, 0.6) is 0 Å². The molecule has 2 unspecified atom stereocenters. The van der Waals surface area contributed by atoms with E-state index in [0.29, 0.717) is 17.7 Å². The molecule has 13 nitrogen and oxygen atoms in total. The highest BCUT2D eigenvalue weighted by Gasteiger charge is 2.29. The van der Waals surface area contributed by atoms with Gasteiger partial charge in [-0.25, -0.2) is 14.6 Å². The summed E-state index contributed by atoms with van der Waals surface area (Å²) >= 11 is 1.16. The lowest BCUT2D eigenvalue weighted by Gasteiger charge is -2.23. The van der Waals surface area contributed by atoms with E-state index in [1.807, 2.05) is 50.2 Å². The zero-order valence-corrected chi connectivity index (χ0v) is 29.3. The number of ether oxygens (including phenoxy) is 2. The summed E-state index contributed by atoms with van der Waals surface area (Å²) in [4.78, 5) is 71.9. The van der Waals surface area contributed by atoms with Crippen LogP contribution in [-0.4, -0.2) is 52.8 Å². The van der Waals surface area contributed by atoms with Crippen LogP contribution in [0.15, 0.2) is 101 Å². The van der Waals surface area contributed by atoms with Crippen molar-refractivity contribution in [3.63, 3.8) is 0 Å². The van der Waals surface area contributed by atoms with Crippen LogP contribution in [0.2, 0.25) is 0 Å². The molecule has 0 aliphatic heterocycles. The van der Waals surface area contributed by atoms with E-state index in [9.17, 15) is 24.0 Å². The zero-order valence-electron chi connectivity index (χ0n) is 28.5. The number of nitrogens with one attached hydrogen (secondary N) is 4. The van der Waals surface area contributed by atoms with Gasteiger partial charge < -0.3 is 25.4 Å². The van der Waals surface area contributed by atoms with Crippen molar-refractivity contribution < 1.29 is 33.4 Å². The number of carbonyl (C=O) groups is 5. The van der Waals surface area contributed by atoms with Crippen molar-refractivity contribution in [3.8, 4) is 0 Å². The molecule has 0 saturated heterocycles. The van der Waals surface area contributed by atoms with Crippen molar-refractivity contribution in [2.45, 2.75) is 58.9 Å². The predicted molar refractivity (Wildman–Crippen MR) is 193 cm³/mol. The maximum atomic E-state index is 13.4. The molecule has 0 fully saturated rings. The van der Waals surface area contributed by atoms with Crippen molar-refractivity contribution in [2.24, 2.45) is 10.9 Å². The lowest BCUT2D eigenvalue weighted by Crippen LogP contribution is -2.52. The standard InChI is InChI=1S/C37H40N6O7S/c1-24(2)20-31(39-25(3)44)33(46)41-30(32(45)34-38-18-19-51-34)21-26-14-16-29(17-15-26)40-35(42-36(47)49-22-27-10-6-4-7-11-27)43-37(48)50-23-28-12-8-5-9-13-28/h4-19,24,30-31H,20-23H2,1-3H3,(H,39,44)(H,41,46)(H2,40,42,43,47,48). The third-order valence-electron chi connectivity index (χ3n) is 7.18. The van der Waals surface area contributed by atoms with Crippen LogP contribution in [0.1, 0.15) is 53.7 Å². The van der Waals surface area contributed by atoms with Gasteiger partial charge in [0, 0.05) is 30.6 Å². The summed E-state index contributed by atoms with van der Waals surface area (Å²) in [5.74, 6) is -1.32. The Kier molecular flexibility index (Phi) is 14.4. The molecule has 2 atom stereocenters. The first kappa shape index (κ1) is 37.9. The Hall–Kier alpha value is -5.89.